The van der Waals surface area contributed by atoms with Crippen molar-refractivity contribution in [1.29, 1.82) is 0 Å². The lowest BCUT2D eigenvalue weighted by Crippen LogP contribution is -2.02. The van der Waals surface area contributed by atoms with Gasteiger partial charge in [0.2, 0.25) is 0 Å². The van der Waals surface area contributed by atoms with Crippen LogP contribution in [0.1, 0.15) is 26.3 Å². The summed E-state index contributed by atoms with van der Waals surface area (Å²) in [7, 11) is 0. The Morgan fingerprint density at radius 3 is 2.54 bits per heavy atom. The Morgan fingerprint density at radius 1 is 1.46 bits per heavy atom. The number of carboxylic acid groups (broad SMARTS) is 1. The van der Waals surface area contributed by atoms with Gasteiger partial charge < -0.3 is 10.2 Å². The van der Waals surface area contributed by atoms with Gasteiger partial charge in [0.25, 0.3) is 0 Å². The van der Waals surface area contributed by atoms with Crippen LogP contribution in [0.2, 0.25) is 0 Å². The summed E-state index contributed by atoms with van der Waals surface area (Å²) >= 11 is 0. The van der Waals surface area contributed by atoms with E-state index in [1.54, 1.807) is 6.92 Å². The fraction of sp³-hybridized carbons (Fsp3) is 0.111. The van der Waals surface area contributed by atoms with E-state index in [-0.39, 0.29) is 16.9 Å². The first-order valence-electron chi connectivity index (χ1n) is 3.58. The van der Waals surface area contributed by atoms with E-state index >= 15 is 0 Å². The molecule has 0 aliphatic rings. The van der Waals surface area contributed by atoms with Crippen molar-refractivity contribution in [2.45, 2.75) is 6.92 Å². The molecule has 0 spiro atoms. The average molecular weight is 180 g/mol. The second kappa shape index (κ2) is 3.26. The van der Waals surface area contributed by atoms with Crippen molar-refractivity contribution in [2.24, 2.45) is 0 Å². The van der Waals surface area contributed by atoms with Crippen LogP contribution in [0.4, 0.5) is 0 Å². The smallest absolute Gasteiger partial charge is 0.336 e. The van der Waals surface area contributed by atoms with Crippen LogP contribution < -0.4 is 0 Å². The number of hydrogen-bond acceptors (Lipinski definition) is 3. The molecule has 1 rings (SSSR count). The first-order valence-corrected chi connectivity index (χ1v) is 3.58. The van der Waals surface area contributed by atoms with Gasteiger partial charge >= 0.3 is 5.97 Å². The van der Waals surface area contributed by atoms with E-state index in [4.69, 9.17) is 5.11 Å². The second-order valence-corrected chi connectivity index (χ2v) is 2.65. The summed E-state index contributed by atoms with van der Waals surface area (Å²) < 4.78 is 0. The Morgan fingerprint density at radius 2 is 2.08 bits per heavy atom. The van der Waals surface area contributed by atoms with Crippen LogP contribution in [-0.2, 0) is 0 Å². The SMILES string of the molecule is Cc1cc(C=O)c(C(=O)O)cc1O. The maximum absolute atomic E-state index is 10.6. The van der Waals surface area contributed by atoms with Crippen LogP contribution in [0.5, 0.6) is 5.75 Å². The van der Waals surface area contributed by atoms with E-state index in [0.29, 0.717) is 11.8 Å². The zero-order valence-corrected chi connectivity index (χ0v) is 6.94. The first kappa shape index (κ1) is 9.25. The van der Waals surface area contributed by atoms with E-state index in [2.05, 4.69) is 0 Å². The van der Waals surface area contributed by atoms with Gasteiger partial charge in [-0.3, -0.25) is 4.79 Å². The lowest BCUT2D eigenvalue weighted by molar-refractivity contribution is 0.0693. The van der Waals surface area contributed by atoms with Crippen molar-refractivity contribution >= 4 is 12.3 Å². The van der Waals surface area contributed by atoms with Crippen LogP contribution >= 0.6 is 0 Å². The predicted molar refractivity (Wildman–Crippen MR) is 45.2 cm³/mol. The molecule has 1 aromatic rings. The molecule has 0 radical (unpaired) electrons. The Kier molecular flexibility index (Phi) is 2.32. The number of hydrogen-bond donors (Lipinski definition) is 2. The largest absolute Gasteiger partial charge is 0.508 e. The fourth-order valence-corrected chi connectivity index (χ4v) is 1.00. The van der Waals surface area contributed by atoms with Gasteiger partial charge in [-0.05, 0) is 24.6 Å². The van der Waals surface area contributed by atoms with Crippen LogP contribution in [0, 0.1) is 6.92 Å². The van der Waals surface area contributed by atoms with Crippen molar-refractivity contribution in [3.63, 3.8) is 0 Å². The van der Waals surface area contributed by atoms with Crippen LogP contribution in [0.15, 0.2) is 12.1 Å². The Hall–Kier alpha value is -1.84. The van der Waals surface area contributed by atoms with Gasteiger partial charge in [-0.2, -0.15) is 0 Å². The number of phenols is 1. The third-order valence-corrected chi connectivity index (χ3v) is 1.73. The minimum atomic E-state index is -1.22. The lowest BCUT2D eigenvalue weighted by Gasteiger charge is -2.03. The van der Waals surface area contributed by atoms with Gasteiger partial charge in [-0.1, -0.05) is 0 Å². The molecule has 0 saturated heterocycles. The molecule has 0 saturated carbocycles. The summed E-state index contributed by atoms with van der Waals surface area (Å²) in [4.78, 5) is 21.0. The highest BCUT2D eigenvalue weighted by atomic mass is 16.4. The number of aldehydes is 1. The number of carbonyl (C=O) groups excluding carboxylic acids is 1. The monoisotopic (exact) mass is 180 g/mol. The highest BCUT2D eigenvalue weighted by Gasteiger charge is 2.11. The number of aromatic hydroxyl groups is 1. The summed E-state index contributed by atoms with van der Waals surface area (Å²) in [6.07, 6.45) is 0.454. The number of phenolic OH excluding ortho intramolecular Hbond substituents is 1. The van der Waals surface area contributed by atoms with Crippen molar-refractivity contribution in [3.05, 3.63) is 28.8 Å². The number of aromatic carboxylic acids is 1. The second-order valence-electron chi connectivity index (χ2n) is 2.65. The Balaban J connectivity index is 3.41. The molecule has 4 nitrogen and oxygen atoms in total. The molecule has 0 heterocycles. The molecular weight excluding hydrogens is 172 g/mol. The molecule has 0 amide bonds. The number of aryl methyl sites for hydroxylation is 1. The molecule has 4 heteroatoms. The van der Waals surface area contributed by atoms with E-state index < -0.39 is 5.97 Å². The standard InChI is InChI=1S/C9H8O4/c1-5-2-6(4-10)7(9(12)13)3-8(5)11/h2-4,11H,1H3,(H,12,13). The predicted octanol–water partition coefficient (Wildman–Crippen LogP) is 1.21. The zero-order chi connectivity index (χ0) is 10.0. The molecule has 0 bridgehead atoms. The van der Waals surface area contributed by atoms with Crippen LogP contribution in [-0.4, -0.2) is 22.5 Å². The molecule has 0 unspecified atom stereocenters. The van der Waals surface area contributed by atoms with Gasteiger partial charge in [-0.25, -0.2) is 4.79 Å². The molecule has 0 aromatic heterocycles. The molecule has 0 atom stereocenters. The molecule has 0 aliphatic heterocycles. The molecule has 68 valence electrons. The minimum Gasteiger partial charge on any atom is -0.508 e. The number of rotatable bonds is 2. The van der Waals surface area contributed by atoms with Gasteiger partial charge in [0.1, 0.15) is 5.75 Å². The molecule has 1 aromatic carbocycles. The lowest BCUT2D eigenvalue weighted by atomic mass is 10.0. The van der Waals surface area contributed by atoms with Crippen molar-refractivity contribution in [1.82, 2.24) is 0 Å². The first-order chi connectivity index (χ1) is 6.06. The quantitative estimate of drug-likeness (QED) is 0.671. The maximum atomic E-state index is 10.6. The normalized spacial score (nSPS) is 9.62. The molecule has 13 heavy (non-hydrogen) atoms. The van der Waals surface area contributed by atoms with E-state index in [9.17, 15) is 14.7 Å². The van der Waals surface area contributed by atoms with Gasteiger partial charge in [0.15, 0.2) is 6.29 Å². The summed E-state index contributed by atoms with van der Waals surface area (Å²) in [6.45, 7) is 1.59. The Bertz CT molecular complexity index is 368. The number of carboxylic acids is 1. The van der Waals surface area contributed by atoms with E-state index in [1.807, 2.05) is 0 Å². The summed E-state index contributed by atoms with van der Waals surface area (Å²) in [5, 5.41) is 17.8. The fourth-order valence-electron chi connectivity index (χ4n) is 1.00. The number of carbonyl (C=O) groups is 2. The van der Waals surface area contributed by atoms with E-state index in [0.717, 1.165) is 6.07 Å². The van der Waals surface area contributed by atoms with E-state index in [1.165, 1.54) is 6.07 Å². The average Bonchev–Trinajstić information content (AvgIpc) is 2.08. The third kappa shape index (κ3) is 1.66. The summed E-state index contributed by atoms with van der Waals surface area (Å²) in [5.41, 5.74) is 0.369. The number of benzene rings is 1. The van der Waals surface area contributed by atoms with Gasteiger partial charge in [0.05, 0.1) is 5.56 Å². The molecule has 0 aliphatic carbocycles. The summed E-state index contributed by atoms with van der Waals surface area (Å²) in [5.74, 6) is -1.35. The summed E-state index contributed by atoms with van der Waals surface area (Å²) in [6, 6.07) is 2.41. The molecule has 2 N–H and O–H groups in total. The highest BCUT2D eigenvalue weighted by Crippen LogP contribution is 2.20. The van der Waals surface area contributed by atoms with Crippen molar-refractivity contribution < 1.29 is 19.8 Å². The third-order valence-electron chi connectivity index (χ3n) is 1.73. The van der Waals surface area contributed by atoms with Crippen LogP contribution in [0.3, 0.4) is 0 Å². The Labute approximate surface area is 74.4 Å². The van der Waals surface area contributed by atoms with Gasteiger partial charge in [-0.15, -0.1) is 0 Å². The topological polar surface area (TPSA) is 74.6 Å². The van der Waals surface area contributed by atoms with Crippen molar-refractivity contribution in [3.8, 4) is 5.75 Å². The van der Waals surface area contributed by atoms with Gasteiger partial charge in [0, 0.05) is 5.56 Å². The maximum Gasteiger partial charge on any atom is 0.336 e. The minimum absolute atomic E-state index is 0.0720. The van der Waals surface area contributed by atoms with Crippen LogP contribution in [0.25, 0.3) is 0 Å². The van der Waals surface area contributed by atoms with Crippen molar-refractivity contribution in [2.75, 3.05) is 0 Å². The molecule has 0 fully saturated rings. The zero-order valence-electron chi connectivity index (χ0n) is 6.94. The highest BCUT2D eigenvalue weighted by molar-refractivity contribution is 5.97. The molecular formula is C9H8O4.